The number of guanidine groups is 1. The number of aryl methyl sites for hydroxylation is 1. The largest absolute Gasteiger partial charge is 0.357 e. The van der Waals surface area contributed by atoms with E-state index < -0.39 is 0 Å². The topological polar surface area (TPSA) is 60.0 Å². The molecular weight excluding hydrogens is 338 g/mol. The summed E-state index contributed by atoms with van der Waals surface area (Å²) >= 11 is 0. The van der Waals surface area contributed by atoms with Crippen molar-refractivity contribution in [3.8, 4) is 0 Å². The van der Waals surface area contributed by atoms with E-state index in [0.29, 0.717) is 5.92 Å². The third kappa shape index (κ3) is 7.21. The molecule has 1 aliphatic heterocycles. The monoisotopic (exact) mass is 373 g/mol. The van der Waals surface area contributed by atoms with E-state index in [-0.39, 0.29) is 5.91 Å². The summed E-state index contributed by atoms with van der Waals surface area (Å²) in [5.41, 5.74) is 2.62. The lowest BCUT2D eigenvalue weighted by Crippen LogP contribution is -2.50. The molecule has 0 spiro atoms. The number of benzene rings is 1. The van der Waals surface area contributed by atoms with Crippen LogP contribution in [0.25, 0.3) is 0 Å². The molecule has 1 unspecified atom stereocenters. The van der Waals surface area contributed by atoms with Crippen molar-refractivity contribution in [3.63, 3.8) is 0 Å². The molecule has 1 aromatic carbocycles. The first kappa shape index (κ1) is 21.2. The van der Waals surface area contributed by atoms with Gasteiger partial charge in [0.15, 0.2) is 5.96 Å². The van der Waals surface area contributed by atoms with E-state index in [1.807, 2.05) is 4.90 Å². The minimum absolute atomic E-state index is 0.178. The van der Waals surface area contributed by atoms with Crippen molar-refractivity contribution in [2.45, 2.75) is 33.6 Å². The van der Waals surface area contributed by atoms with Crippen molar-refractivity contribution in [1.82, 2.24) is 20.4 Å². The van der Waals surface area contributed by atoms with E-state index in [2.05, 4.69) is 60.6 Å². The quantitative estimate of drug-likeness (QED) is 0.565. The van der Waals surface area contributed by atoms with Gasteiger partial charge in [-0.05, 0) is 19.4 Å². The molecule has 0 aliphatic carbocycles. The van der Waals surface area contributed by atoms with Crippen LogP contribution in [0.5, 0.6) is 0 Å². The Bertz CT molecular complexity index is 623. The average Bonchev–Trinajstić information content (AvgIpc) is 2.66. The molecule has 1 heterocycles. The first-order valence-electron chi connectivity index (χ1n) is 10.1. The summed E-state index contributed by atoms with van der Waals surface area (Å²) in [5, 5.41) is 6.76. The van der Waals surface area contributed by atoms with E-state index in [9.17, 15) is 4.79 Å². The zero-order valence-electron chi connectivity index (χ0n) is 17.3. The Morgan fingerprint density at radius 3 is 2.59 bits per heavy atom. The Hall–Kier alpha value is -2.08. The molecule has 1 fully saturated rings. The molecule has 1 aliphatic rings. The van der Waals surface area contributed by atoms with Crippen LogP contribution in [0.2, 0.25) is 0 Å². The molecule has 2 N–H and O–H groups in total. The molecule has 6 nitrogen and oxygen atoms in total. The van der Waals surface area contributed by atoms with Crippen molar-refractivity contribution in [1.29, 1.82) is 0 Å². The van der Waals surface area contributed by atoms with E-state index in [1.54, 1.807) is 6.92 Å². The molecule has 1 aromatic rings. The van der Waals surface area contributed by atoms with E-state index in [4.69, 9.17) is 4.99 Å². The summed E-state index contributed by atoms with van der Waals surface area (Å²) in [6.45, 7) is 15.0. The van der Waals surface area contributed by atoms with Crippen LogP contribution >= 0.6 is 0 Å². The summed E-state index contributed by atoms with van der Waals surface area (Å²) in [6, 6.07) is 8.65. The number of nitrogens with zero attached hydrogens (tertiary/aromatic N) is 3. The normalized spacial score (nSPS) is 16.9. The van der Waals surface area contributed by atoms with Crippen molar-refractivity contribution in [2.75, 3.05) is 52.4 Å². The van der Waals surface area contributed by atoms with Gasteiger partial charge in [-0.1, -0.05) is 36.8 Å². The highest BCUT2D eigenvalue weighted by atomic mass is 16.2. The van der Waals surface area contributed by atoms with E-state index in [1.165, 1.54) is 11.1 Å². The van der Waals surface area contributed by atoms with Gasteiger partial charge in [-0.25, -0.2) is 0 Å². The Morgan fingerprint density at radius 2 is 1.96 bits per heavy atom. The smallest absolute Gasteiger partial charge is 0.219 e. The van der Waals surface area contributed by atoms with Crippen molar-refractivity contribution in [2.24, 2.45) is 4.99 Å². The standard InChI is InChI=1S/C21H35N5O/c1-5-22-21(24-16-18(3)20-8-6-7-17(2)15-20)23-9-10-25-11-13-26(14-12-25)19(4)27/h6-8,15,18H,5,9-14,16H2,1-4H3,(H2,22,23,24). The molecule has 1 amide bonds. The molecule has 0 radical (unpaired) electrons. The summed E-state index contributed by atoms with van der Waals surface area (Å²) < 4.78 is 0. The first-order chi connectivity index (χ1) is 13.0. The third-order valence-electron chi connectivity index (χ3n) is 5.02. The van der Waals surface area contributed by atoms with Gasteiger partial charge in [0.1, 0.15) is 0 Å². The molecule has 0 saturated carbocycles. The molecule has 6 heteroatoms. The number of amides is 1. The number of carbonyl (C=O) groups is 1. The first-order valence-corrected chi connectivity index (χ1v) is 10.1. The molecule has 2 rings (SSSR count). The fourth-order valence-corrected chi connectivity index (χ4v) is 3.27. The predicted octanol–water partition coefficient (Wildman–Crippen LogP) is 1.82. The Kier molecular flexibility index (Phi) is 8.58. The van der Waals surface area contributed by atoms with E-state index >= 15 is 0 Å². The van der Waals surface area contributed by atoms with Crippen LogP contribution in [-0.4, -0.2) is 74.0 Å². The maximum Gasteiger partial charge on any atom is 0.219 e. The lowest BCUT2D eigenvalue weighted by molar-refractivity contribution is -0.130. The third-order valence-corrected chi connectivity index (χ3v) is 5.02. The summed E-state index contributed by atoms with van der Waals surface area (Å²) in [4.78, 5) is 20.5. The van der Waals surface area contributed by atoms with Crippen LogP contribution in [-0.2, 0) is 4.79 Å². The molecular formula is C21H35N5O. The van der Waals surface area contributed by atoms with Crippen LogP contribution in [0, 0.1) is 6.92 Å². The number of hydrogen-bond donors (Lipinski definition) is 2. The molecule has 1 saturated heterocycles. The number of carbonyl (C=O) groups excluding carboxylic acids is 1. The lowest BCUT2D eigenvalue weighted by atomic mass is 10.00. The average molecular weight is 374 g/mol. The highest BCUT2D eigenvalue weighted by Crippen LogP contribution is 2.16. The number of rotatable bonds is 7. The van der Waals surface area contributed by atoms with Crippen molar-refractivity contribution >= 4 is 11.9 Å². The molecule has 150 valence electrons. The zero-order chi connectivity index (χ0) is 19.6. The Balaban J connectivity index is 1.77. The van der Waals surface area contributed by atoms with Gasteiger partial charge in [0.2, 0.25) is 5.91 Å². The van der Waals surface area contributed by atoms with E-state index in [0.717, 1.165) is 58.3 Å². The van der Waals surface area contributed by atoms with Crippen molar-refractivity contribution < 1.29 is 4.79 Å². The number of hydrogen-bond acceptors (Lipinski definition) is 3. The Morgan fingerprint density at radius 1 is 1.22 bits per heavy atom. The van der Waals surface area contributed by atoms with Crippen LogP contribution in [0.15, 0.2) is 29.3 Å². The highest BCUT2D eigenvalue weighted by Gasteiger charge is 2.17. The lowest BCUT2D eigenvalue weighted by Gasteiger charge is -2.34. The number of aliphatic imine (C=N–C) groups is 1. The second-order valence-electron chi connectivity index (χ2n) is 7.31. The van der Waals surface area contributed by atoms with Crippen LogP contribution in [0.3, 0.4) is 0 Å². The second-order valence-corrected chi connectivity index (χ2v) is 7.31. The van der Waals surface area contributed by atoms with Crippen LogP contribution in [0.1, 0.15) is 37.8 Å². The molecule has 27 heavy (non-hydrogen) atoms. The maximum absolute atomic E-state index is 11.4. The summed E-state index contributed by atoms with van der Waals surface area (Å²) in [7, 11) is 0. The van der Waals surface area contributed by atoms with Gasteiger partial charge in [-0.15, -0.1) is 0 Å². The van der Waals surface area contributed by atoms with Gasteiger partial charge in [0.25, 0.3) is 0 Å². The van der Waals surface area contributed by atoms with Gasteiger partial charge < -0.3 is 15.5 Å². The second kappa shape index (κ2) is 10.9. The predicted molar refractivity (Wildman–Crippen MR) is 112 cm³/mol. The molecule has 1 atom stereocenters. The van der Waals surface area contributed by atoms with Crippen LogP contribution < -0.4 is 10.6 Å². The molecule has 0 bridgehead atoms. The minimum atomic E-state index is 0.178. The summed E-state index contributed by atoms with van der Waals surface area (Å²) in [5.74, 6) is 1.44. The van der Waals surface area contributed by atoms with Crippen LogP contribution in [0.4, 0.5) is 0 Å². The van der Waals surface area contributed by atoms with Gasteiger partial charge in [-0.2, -0.15) is 0 Å². The number of piperazine rings is 1. The van der Waals surface area contributed by atoms with Gasteiger partial charge >= 0.3 is 0 Å². The summed E-state index contributed by atoms with van der Waals surface area (Å²) in [6.07, 6.45) is 0. The fourth-order valence-electron chi connectivity index (χ4n) is 3.27. The highest BCUT2D eigenvalue weighted by molar-refractivity contribution is 5.79. The fraction of sp³-hybridized carbons (Fsp3) is 0.619. The minimum Gasteiger partial charge on any atom is -0.357 e. The van der Waals surface area contributed by atoms with Gasteiger partial charge in [0.05, 0.1) is 0 Å². The molecule has 0 aromatic heterocycles. The van der Waals surface area contributed by atoms with Crippen molar-refractivity contribution in [3.05, 3.63) is 35.4 Å². The zero-order valence-corrected chi connectivity index (χ0v) is 17.3. The van der Waals surface area contributed by atoms with Gasteiger partial charge in [-0.3, -0.25) is 14.7 Å². The van der Waals surface area contributed by atoms with Gasteiger partial charge in [0, 0.05) is 65.2 Å². The number of nitrogens with one attached hydrogen (secondary N) is 2. The maximum atomic E-state index is 11.4. The SMILES string of the molecule is CCNC(=NCC(C)c1cccc(C)c1)NCCN1CCN(C(C)=O)CC1. The Labute approximate surface area is 164 Å².